The van der Waals surface area contributed by atoms with Crippen molar-refractivity contribution in [1.82, 2.24) is 15.3 Å². The first-order valence-corrected chi connectivity index (χ1v) is 9.22. The van der Waals surface area contributed by atoms with Crippen LogP contribution in [0.1, 0.15) is 54.2 Å². The number of benzene rings is 1. The maximum Gasteiger partial charge on any atom is 0.140 e. The maximum absolute atomic E-state index is 10.3. The first-order chi connectivity index (χ1) is 12.1. The van der Waals surface area contributed by atoms with Crippen LogP contribution in [0, 0.1) is 6.92 Å². The minimum Gasteiger partial charge on any atom is -0.387 e. The Hall–Kier alpha value is -1.98. The molecule has 1 aromatic carbocycles. The lowest BCUT2D eigenvalue weighted by Gasteiger charge is -2.26. The number of aromatic nitrogens is 2. The van der Waals surface area contributed by atoms with Gasteiger partial charge in [0.25, 0.3) is 0 Å². The van der Waals surface area contributed by atoms with E-state index in [-0.39, 0.29) is 11.3 Å². The normalized spacial score (nSPS) is 30.1. The highest BCUT2D eigenvalue weighted by molar-refractivity contribution is 5.75. The van der Waals surface area contributed by atoms with Gasteiger partial charge in [-0.05, 0) is 49.4 Å². The molecule has 1 spiro atoms. The predicted octanol–water partition coefficient (Wildman–Crippen LogP) is 2.71. The summed E-state index contributed by atoms with van der Waals surface area (Å²) in [5, 5.41) is 13.9. The number of hydrogen-bond acceptors (Lipinski definition) is 5. The average molecular weight is 336 g/mol. The quantitative estimate of drug-likeness (QED) is 0.838. The Bertz CT molecular complexity index is 844. The molecule has 3 heterocycles. The summed E-state index contributed by atoms with van der Waals surface area (Å²) in [5.41, 5.74) is 6.22. The lowest BCUT2D eigenvalue weighted by Crippen LogP contribution is -2.34. The molecule has 3 atom stereocenters. The van der Waals surface area contributed by atoms with Crippen molar-refractivity contribution in [2.24, 2.45) is 0 Å². The van der Waals surface area contributed by atoms with Crippen molar-refractivity contribution < 1.29 is 5.11 Å². The minimum atomic E-state index is -0.464. The SMILES string of the molecule is Cc1cccc2c1[C@@]1(CCNC1)CN2c1ncnc2c1[C@H](C)C[C@H]2O. The molecule has 25 heavy (non-hydrogen) atoms. The van der Waals surface area contributed by atoms with E-state index in [1.807, 2.05) is 0 Å². The molecule has 2 aliphatic heterocycles. The van der Waals surface area contributed by atoms with E-state index in [1.54, 1.807) is 6.33 Å². The zero-order valence-corrected chi connectivity index (χ0v) is 14.8. The molecule has 1 aromatic heterocycles. The lowest BCUT2D eigenvalue weighted by atomic mass is 9.79. The van der Waals surface area contributed by atoms with Crippen molar-refractivity contribution in [3.8, 4) is 0 Å². The van der Waals surface area contributed by atoms with Gasteiger partial charge in [0.1, 0.15) is 12.1 Å². The molecule has 1 aliphatic carbocycles. The fraction of sp³-hybridized carbons (Fsp3) is 0.500. The van der Waals surface area contributed by atoms with Gasteiger partial charge < -0.3 is 15.3 Å². The molecule has 0 unspecified atom stereocenters. The minimum absolute atomic E-state index is 0.166. The van der Waals surface area contributed by atoms with Gasteiger partial charge in [0.2, 0.25) is 0 Å². The molecule has 1 saturated heterocycles. The fourth-order valence-corrected chi connectivity index (χ4v) is 5.23. The Morgan fingerprint density at radius 3 is 3.00 bits per heavy atom. The summed E-state index contributed by atoms with van der Waals surface area (Å²) in [6, 6.07) is 6.58. The molecule has 5 nitrogen and oxygen atoms in total. The first-order valence-electron chi connectivity index (χ1n) is 9.22. The van der Waals surface area contributed by atoms with Crippen LogP contribution in [0.5, 0.6) is 0 Å². The number of hydrogen-bond donors (Lipinski definition) is 2. The number of aliphatic hydroxyl groups excluding tert-OH is 1. The van der Waals surface area contributed by atoms with E-state index in [4.69, 9.17) is 0 Å². The average Bonchev–Trinajstić information content (AvgIpc) is 3.28. The van der Waals surface area contributed by atoms with Gasteiger partial charge in [-0.1, -0.05) is 19.1 Å². The van der Waals surface area contributed by atoms with Crippen LogP contribution in [-0.2, 0) is 5.41 Å². The van der Waals surface area contributed by atoms with Crippen molar-refractivity contribution in [1.29, 1.82) is 0 Å². The Balaban J connectivity index is 1.70. The van der Waals surface area contributed by atoms with Crippen molar-refractivity contribution in [2.45, 2.75) is 44.1 Å². The third kappa shape index (κ3) is 2.02. The standard InChI is InChI=1S/C20H24N4O/c1-12-4-3-5-14-17(12)20(6-7-21-9-20)10-24(14)19-16-13(2)8-15(25)18(16)22-11-23-19/h3-5,11,13,15,21,25H,6-10H2,1-2H3/t13-,15-,20-/m1/s1. The van der Waals surface area contributed by atoms with E-state index in [9.17, 15) is 5.11 Å². The van der Waals surface area contributed by atoms with Crippen LogP contribution in [0.25, 0.3) is 0 Å². The smallest absolute Gasteiger partial charge is 0.140 e. The number of aryl methyl sites for hydroxylation is 1. The summed E-state index contributed by atoms with van der Waals surface area (Å²) in [5.74, 6) is 1.28. The van der Waals surface area contributed by atoms with Gasteiger partial charge in [-0.2, -0.15) is 0 Å². The van der Waals surface area contributed by atoms with Crippen molar-refractivity contribution in [2.75, 3.05) is 24.5 Å². The van der Waals surface area contributed by atoms with E-state index in [2.05, 4.69) is 52.2 Å². The Kier molecular flexibility index (Phi) is 3.21. The molecular formula is C20H24N4O. The zero-order valence-electron chi connectivity index (χ0n) is 14.8. The van der Waals surface area contributed by atoms with E-state index in [1.165, 1.54) is 16.8 Å². The molecule has 130 valence electrons. The van der Waals surface area contributed by atoms with Gasteiger partial charge in [0.15, 0.2) is 0 Å². The number of rotatable bonds is 1. The predicted molar refractivity (Wildman–Crippen MR) is 97.4 cm³/mol. The van der Waals surface area contributed by atoms with Crippen LogP contribution in [-0.4, -0.2) is 34.7 Å². The molecule has 0 saturated carbocycles. The molecule has 1 fully saturated rings. The van der Waals surface area contributed by atoms with Crippen LogP contribution >= 0.6 is 0 Å². The van der Waals surface area contributed by atoms with Crippen LogP contribution in [0.2, 0.25) is 0 Å². The highest BCUT2D eigenvalue weighted by Crippen LogP contribution is 2.51. The third-order valence-corrected chi connectivity index (χ3v) is 6.31. The topological polar surface area (TPSA) is 61.3 Å². The largest absolute Gasteiger partial charge is 0.387 e. The van der Waals surface area contributed by atoms with E-state index >= 15 is 0 Å². The Labute approximate surface area is 148 Å². The molecule has 0 amide bonds. The second-order valence-electron chi connectivity index (χ2n) is 7.91. The van der Waals surface area contributed by atoms with Gasteiger partial charge >= 0.3 is 0 Å². The van der Waals surface area contributed by atoms with E-state index in [0.29, 0.717) is 0 Å². The maximum atomic E-state index is 10.3. The molecule has 0 bridgehead atoms. The van der Waals surface area contributed by atoms with Crippen LogP contribution < -0.4 is 10.2 Å². The number of aliphatic hydroxyl groups is 1. The van der Waals surface area contributed by atoms with Gasteiger partial charge in [0.05, 0.1) is 11.8 Å². The molecule has 5 rings (SSSR count). The number of nitrogens with one attached hydrogen (secondary N) is 1. The second kappa shape index (κ2) is 5.26. The summed E-state index contributed by atoms with van der Waals surface area (Å²) in [6.07, 6.45) is 3.05. The van der Waals surface area contributed by atoms with Gasteiger partial charge in [-0.25, -0.2) is 9.97 Å². The van der Waals surface area contributed by atoms with Crippen molar-refractivity contribution in [3.63, 3.8) is 0 Å². The Morgan fingerprint density at radius 1 is 1.32 bits per heavy atom. The zero-order chi connectivity index (χ0) is 17.2. The van der Waals surface area contributed by atoms with Crippen LogP contribution in [0.3, 0.4) is 0 Å². The first kappa shape index (κ1) is 15.3. The molecule has 2 N–H and O–H groups in total. The van der Waals surface area contributed by atoms with Crippen molar-refractivity contribution >= 4 is 11.5 Å². The van der Waals surface area contributed by atoms with Crippen LogP contribution in [0.15, 0.2) is 24.5 Å². The fourth-order valence-electron chi connectivity index (χ4n) is 5.23. The second-order valence-corrected chi connectivity index (χ2v) is 7.91. The van der Waals surface area contributed by atoms with Gasteiger partial charge in [0, 0.05) is 29.8 Å². The molecule has 0 radical (unpaired) electrons. The number of anilines is 2. The highest BCUT2D eigenvalue weighted by Gasteiger charge is 2.47. The Morgan fingerprint density at radius 2 is 2.20 bits per heavy atom. The number of nitrogens with zero attached hydrogens (tertiary/aromatic N) is 3. The third-order valence-electron chi connectivity index (χ3n) is 6.31. The van der Waals surface area contributed by atoms with E-state index < -0.39 is 6.10 Å². The summed E-state index contributed by atoms with van der Waals surface area (Å²) in [6.45, 7) is 7.43. The molecular weight excluding hydrogens is 312 g/mol. The molecule has 2 aromatic rings. The molecule has 3 aliphatic rings. The van der Waals surface area contributed by atoms with Gasteiger partial charge in [-0.3, -0.25) is 0 Å². The van der Waals surface area contributed by atoms with Crippen LogP contribution in [0.4, 0.5) is 11.5 Å². The summed E-state index contributed by atoms with van der Waals surface area (Å²) in [7, 11) is 0. The van der Waals surface area contributed by atoms with E-state index in [0.717, 1.165) is 49.6 Å². The van der Waals surface area contributed by atoms with Crippen molar-refractivity contribution in [3.05, 3.63) is 46.9 Å². The lowest BCUT2D eigenvalue weighted by molar-refractivity contribution is 0.170. The monoisotopic (exact) mass is 336 g/mol. The number of fused-ring (bicyclic) bond motifs is 3. The summed E-state index contributed by atoms with van der Waals surface area (Å²) < 4.78 is 0. The van der Waals surface area contributed by atoms with Gasteiger partial charge in [-0.15, -0.1) is 0 Å². The summed E-state index contributed by atoms with van der Waals surface area (Å²) in [4.78, 5) is 11.4. The highest BCUT2D eigenvalue weighted by atomic mass is 16.3. The summed E-state index contributed by atoms with van der Waals surface area (Å²) >= 11 is 0. The molecule has 5 heteroatoms.